The predicted molar refractivity (Wildman–Crippen MR) is 76.8 cm³/mol. The van der Waals surface area contributed by atoms with Crippen molar-refractivity contribution in [2.24, 2.45) is 5.92 Å². The van der Waals surface area contributed by atoms with Crippen LogP contribution in [0.5, 0.6) is 5.75 Å². The highest BCUT2D eigenvalue weighted by Crippen LogP contribution is 2.26. The molecule has 1 aromatic rings. The molecule has 0 amide bonds. The lowest BCUT2D eigenvalue weighted by atomic mass is 10.1. The Morgan fingerprint density at radius 2 is 1.82 bits per heavy atom. The van der Waals surface area contributed by atoms with Gasteiger partial charge in [0.2, 0.25) is 0 Å². The molecule has 0 fully saturated rings. The van der Waals surface area contributed by atoms with Crippen molar-refractivity contribution in [3.63, 3.8) is 0 Å². The van der Waals surface area contributed by atoms with Gasteiger partial charge in [-0.15, -0.1) is 0 Å². The van der Waals surface area contributed by atoms with Crippen molar-refractivity contribution in [3.8, 4) is 5.75 Å². The van der Waals surface area contributed by atoms with Crippen molar-refractivity contribution < 1.29 is 4.74 Å². The van der Waals surface area contributed by atoms with E-state index in [0.29, 0.717) is 12.5 Å². The molecule has 2 nitrogen and oxygen atoms in total. The fraction of sp³-hybridized carbons (Fsp3) is 0.571. The number of benzene rings is 1. The van der Waals surface area contributed by atoms with Gasteiger partial charge in [-0.3, -0.25) is 0 Å². The van der Waals surface area contributed by atoms with Gasteiger partial charge in [0.1, 0.15) is 12.4 Å². The summed E-state index contributed by atoms with van der Waals surface area (Å²) < 4.78 is 6.89. The highest BCUT2D eigenvalue weighted by molar-refractivity contribution is 9.10. The van der Waals surface area contributed by atoms with E-state index in [1.807, 2.05) is 0 Å². The first-order valence-corrected chi connectivity index (χ1v) is 6.90. The van der Waals surface area contributed by atoms with Crippen LogP contribution in [-0.4, -0.2) is 19.7 Å². The van der Waals surface area contributed by atoms with Gasteiger partial charge in [0.15, 0.2) is 0 Å². The van der Waals surface area contributed by atoms with Crippen LogP contribution in [0.2, 0.25) is 0 Å². The Hall–Kier alpha value is -0.540. The number of nitrogens with one attached hydrogen (secondary N) is 1. The topological polar surface area (TPSA) is 21.3 Å². The molecule has 0 saturated carbocycles. The van der Waals surface area contributed by atoms with Crippen LogP contribution in [0.1, 0.15) is 25.0 Å². The fourth-order valence-electron chi connectivity index (χ4n) is 1.62. The van der Waals surface area contributed by atoms with Gasteiger partial charge in [-0.2, -0.15) is 0 Å². The first-order chi connectivity index (χ1) is 8.00. The highest BCUT2D eigenvalue weighted by Gasteiger charge is 2.02. The molecule has 0 aliphatic carbocycles. The number of ether oxygens (including phenoxy) is 1. The second-order valence-corrected chi connectivity index (χ2v) is 5.61. The van der Waals surface area contributed by atoms with Crippen LogP contribution in [0.3, 0.4) is 0 Å². The summed E-state index contributed by atoms with van der Waals surface area (Å²) in [6.07, 6.45) is 0. The lowest BCUT2D eigenvalue weighted by molar-refractivity contribution is 0.310. The lowest BCUT2D eigenvalue weighted by Gasteiger charge is -2.11. The summed E-state index contributed by atoms with van der Waals surface area (Å²) in [5.41, 5.74) is 2.44. The summed E-state index contributed by atoms with van der Waals surface area (Å²) in [4.78, 5) is 0. The first-order valence-electron chi connectivity index (χ1n) is 6.11. The number of hydrogen-bond donors (Lipinski definition) is 1. The van der Waals surface area contributed by atoms with Gasteiger partial charge in [-0.05, 0) is 49.6 Å². The summed E-state index contributed by atoms with van der Waals surface area (Å²) in [6.45, 7) is 11.2. The maximum absolute atomic E-state index is 5.72. The molecule has 1 aromatic carbocycles. The SMILES string of the molecule is Cc1cc(OCCNCC(C)C)cc(C)c1Br. The van der Waals surface area contributed by atoms with Gasteiger partial charge in [0, 0.05) is 11.0 Å². The number of hydrogen-bond acceptors (Lipinski definition) is 2. The molecule has 1 rings (SSSR count). The first kappa shape index (κ1) is 14.5. The van der Waals surface area contributed by atoms with E-state index in [1.54, 1.807) is 0 Å². The van der Waals surface area contributed by atoms with Gasteiger partial charge < -0.3 is 10.1 Å². The van der Waals surface area contributed by atoms with Crippen LogP contribution in [-0.2, 0) is 0 Å². The van der Waals surface area contributed by atoms with E-state index in [-0.39, 0.29) is 0 Å². The van der Waals surface area contributed by atoms with E-state index in [1.165, 1.54) is 15.6 Å². The zero-order chi connectivity index (χ0) is 12.8. The van der Waals surface area contributed by atoms with Crippen LogP contribution in [0.15, 0.2) is 16.6 Å². The molecule has 0 aliphatic heterocycles. The second-order valence-electron chi connectivity index (χ2n) is 4.82. The van der Waals surface area contributed by atoms with Gasteiger partial charge in [0.05, 0.1) is 0 Å². The summed E-state index contributed by atoms with van der Waals surface area (Å²) in [5.74, 6) is 1.64. The van der Waals surface area contributed by atoms with Crippen molar-refractivity contribution in [3.05, 3.63) is 27.7 Å². The molecule has 0 atom stereocenters. The van der Waals surface area contributed by atoms with Crippen LogP contribution >= 0.6 is 15.9 Å². The molecule has 0 aromatic heterocycles. The molecule has 0 unspecified atom stereocenters. The third kappa shape index (κ3) is 5.09. The Morgan fingerprint density at radius 1 is 1.24 bits per heavy atom. The third-order valence-corrected chi connectivity index (χ3v) is 3.76. The summed E-state index contributed by atoms with van der Waals surface area (Å²) in [7, 11) is 0. The average Bonchev–Trinajstić information content (AvgIpc) is 2.25. The molecule has 17 heavy (non-hydrogen) atoms. The number of halogens is 1. The molecule has 0 saturated heterocycles. The van der Waals surface area contributed by atoms with Gasteiger partial charge in [-0.25, -0.2) is 0 Å². The molecule has 0 spiro atoms. The fourth-order valence-corrected chi connectivity index (χ4v) is 1.85. The third-order valence-electron chi connectivity index (χ3n) is 2.51. The quantitative estimate of drug-likeness (QED) is 0.809. The van der Waals surface area contributed by atoms with E-state index < -0.39 is 0 Å². The zero-order valence-electron chi connectivity index (χ0n) is 11.1. The van der Waals surface area contributed by atoms with Crippen LogP contribution in [0.25, 0.3) is 0 Å². The van der Waals surface area contributed by atoms with Gasteiger partial charge >= 0.3 is 0 Å². The second kappa shape index (κ2) is 7.02. The molecule has 0 aliphatic rings. The normalized spacial score (nSPS) is 10.9. The van der Waals surface area contributed by atoms with Crippen molar-refractivity contribution in [1.29, 1.82) is 0 Å². The molecule has 0 radical (unpaired) electrons. The Bertz CT molecular complexity index is 340. The minimum Gasteiger partial charge on any atom is -0.492 e. The molecule has 0 heterocycles. The highest BCUT2D eigenvalue weighted by atomic mass is 79.9. The largest absolute Gasteiger partial charge is 0.492 e. The van der Waals surface area contributed by atoms with E-state index in [2.05, 4.69) is 61.1 Å². The van der Waals surface area contributed by atoms with Crippen molar-refractivity contribution in [1.82, 2.24) is 5.32 Å². The van der Waals surface area contributed by atoms with E-state index >= 15 is 0 Å². The molecule has 96 valence electrons. The van der Waals surface area contributed by atoms with E-state index in [4.69, 9.17) is 4.74 Å². The maximum atomic E-state index is 5.72. The number of rotatable bonds is 6. The smallest absolute Gasteiger partial charge is 0.119 e. The van der Waals surface area contributed by atoms with Crippen molar-refractivity contribution >= 4 is 15.9 Å². The molecular formula is C14H22BrNO. The molecular weight excluding hydrogens is 278 g/mol. The van der Waals surface area contributed by atoms with Crippen molar-refractivity contribution in [2.75, 3.05) is 19.7 Å². The monoisotopic (exact) mass is 299 g/mol. The van der Waals surface area contributed by atoms with Crippen LogP contribution in [0, 0.1) is 19.8 Å². The molecule has 3 heteroatoms. The summed E-state index contributed by atoms with van der Waals surface area (Å²) in [5, 5.41) is 3.36. The van der Waals surface area contributed by atoms with E-state index in [9.17, 15) is 0 Å². The van der Waals surface area contributed by atoms with Crippen molar-refractivity contribution in [2.45, 2.75) is 27.7 Å². The average molecular weight is 300 g/mol. The Kier molecular flexibility index (Phi) is 6.00. The standard InChI is InChI=1S/C14H22BrNO/c1-10(2)9-16-5-6-17-13-7-11(3)14(15)12(4)8-13/h7-8,10,16H,5-6,9H2,1-4H3. The Labute approximate surface area is 113 Å². The molecule has 1 N–H and O–H groups in total. The van der Waals surface area contributed by atoms with Crippen LogP contribution < -0.4 is 10.1 Å². The number of aryl methyl sites for hydroxylation is 2. The Balaban J connectivity index is 2.37. The lowest BCUT2D eigenvalue weighted by Crippen LogP contribution is -2.24. The minimum atomic E-state index is 0.687. The van der Waals surface area contributed by atoms with Gasteiger partial charge in [0.25, 0.3) is 0 Å². The summed E-state index contributed by atoms with van der Waals surface area (Å²) in [6, 6.07) is 4.14. The van der Waals surface area contributed by atoms with Gasteiger partial charge in [-0.1, -0.05) is 29.8 Å². The maximum Gasteiger partial charge on any atom is 0.119 e. The summed E-state index contributed by atoms with van der Waals surface area (Å²) >= 11 is 3.55. The predicted octanol–water partition coefficient (Wildman–Crippen LogP) is 3.69. The minimum absolute atomic E-state index is 0.687. The zero-order valence-corrected chi connectivity index (χ0v) is 12.7. The molecule has 0 bridgehead atoms. The van der Waals surface area contributed by atoms with Crippen LogP contribution in [0.4, 0.5) is 0 Å². The Morgan fingerprint density at radius 3 is 2.35 bits per heavy atom. The van der Waals surface area contributed by atoms with E-state index in [0.717, 1.165) is 18.8 Å².